The van der Waals surface area contributed by atoms with Gasteiger partial charge in [0, 0.05) is 5.56 Å². The van der Waals surface area contributed by atoms with E-state index in [9.17, 15) is 14.4 Å². The van der Waals surface area contributed by atoms with Crippen LogP contribution in [0.4, 0.5) is 4.79 Å². The molecular formula is C10H9NO4S. The van der Waals surface area contributed by atoms with E-state index in [1.807, 2.05) is 0 Å². The first-order valence-electron chi connectivity index (χ1n) is 4.32. The number of benzene rings is 1. The number of aldehydes is 1. The van der Waals surface area contributed by atoms with Crippen LogP contribution < -0.4 is 5.32 Å². The highest BCUT2D eigenvalue weighted by Gasteiger charge is 2.16. The van der Waals surface area contributed by atoms with Crippen molar-refractivity contribution < 1.29 is 19.5 Å². The van der Waals surface area contributed by atoms with Gasteiger partial charge in [-0.1, -0.05) is 11.8 Å². The van der Waals surface area contributed by atoms with E-state index in [0.29, 0.717) is 11.3 Å². The lowest BCUT2D eigenvalue weighted by Crippen LogP contribution is -2.18. The fourth-order valence-corrected chi connectivity index (χ4v) is 1.39. The first-order valence-corrected chi connectivity index (χ1v) is 5.31. The highest BCUT2D eigenvalue weighted by molar-refractivity contribution is 8.14. The molecule has 16 heavy (non-hydrogen) atoms. The molecule has 0 atom stereocenters. The van der Waals surface area contributed by atoms with Crippen molar-refractivity contribution in [2.75, 3.05) is 5.75 Å². The van der Waals surface area contributed by atoms with Crippen molar-refractivity contribution in [3.05, 3.63) is 29.8 Å². The number of nitrogens with one attached hydrogen (secondary N) is 1. The summed E-state index contributed by atoms with van der Waals surface area (Å²) in [6, 6.07) is 6.07. The van der Waals surface area contributed by atoms with Crippen molar-refractivity contribution in [2.45, 2.75) is 0 Å². The minimum absolute atomic E-state index is 0.181. The Bertz CT molecular complexity index is 388. The summed E-state index contributed by atoms with van der Waals surface area (Å²) in [6.07, 6.45) is 0.736. The van der Waals surface area contributed by atoms with E-state index < -0.39 is 0 Å². The minimum Gasteiger partial charge on any atom is -0.508 e. The fourth-order valence-electron chi connectivity index (χ4n) is 0.870. The minimum atomic E-state index is -0.231. The fraction of sp³-hybridized carbons (Fsp3) is 0.100. The van der Waals surface area contributed by atoms with Crippen LogP contribution in [-0.2, 0) is 4.79 Å². The molecule has 2 N–H and O–H groups in total. The van der Waals surface area contributed by atoms with Crippen LogP contribution in [0.5, 0.6) is 5.75 Å². The summed E-state index contributed by atoms with van der Waals surface area (Å²) in [5.74, 6) is 0.286. The molecule has 84 valence electrons. The molecule has 1 heterocycles. The van der Waals surface area contributed by atoms with Crippen LogP contribution >= 0.6 is 11.8 Å². The highest BCUT2D eigenvalue weighted by Crippen LogP contribution is 2.07. The molecule has 1 saturated heterocycles. The second kappa shape index (κ2) is 5.92. The molecule has 0 saturated carbocycles. The molecular weight excluding hydrogens is 230 g/mol. The molecule has 1 aromatic rings. The van der Waals surface area contributed by atoms with Gasteiger partial charge in [0.25, 0.3) is 5.24 Å². The van der Waals surface area contributed by atoms with Crippen LogP contribution in [0.15, 0.2) is 24.3 Å². The van der Waals surface area contributed by atoms with Crippen LogP contribution in [0.25, 0.3) is 0 Å². The number of amides is 2. The van der Waals surface area contributed by atoms with Gasteiger partial charge < -0.3 is 5.11 Å². The molecule has 0 aromatic heterocycles. The van der Waals surface area contributed by atoms with Crippen molar-refractivity contribution in [1.29, 1.82) is 0 Å². The first kappa shape index (κ1) is 12.3. The van der Waals surface area contributed by atoms with E-state index >= 15 is 0 Å². The second-order valence-electron chi connectivity index (χ2n) is 2.83. The topological polar surface area (TPSA) is 83.5 Å². The first-order chi connectivity index (χ1) is 7.61. The van der Waals surface area contributed by atoms with Gasteiger partial charge in [-0.15, -0.1) is 0 Å². The number of thioether (sulfide) groups is 1. The molecule has 0 spiro atoms. The number of carbonyl (C=O) groups is 3. The third-order valence-corrected chi connectivity index (χ3v) is 2.38. The molecule has 2 rings (SSSR count). The Hall–Kier alpha value is -1.82. The van der Waals surface area contributed by atoms with Crippen LogP contribution in [0.1, 0.15) is 10.4 Å². The molecule has 1 aromatic carbocycles. The molecule has 0 aliphatic carbocycles. The lowest BCUT2D eigenvalue weighted by Gasteiger charge is -1.88. The number of imide groups is 1. The molecule has 1 aliphatic rings. The van der Waals surface area contributed by atoms with E-state index in [0.717, 1.165) is 18.0 Å². The van der Waals surface area contributed by atoms with Crippen LogP contribution in [0.3, 0.4) is 0 Å². The number of aromatic hydroxyl groups is 1. The SMILES string of the molecule is O=C1CSC(=O)N1.O=Cc1ccc(O)cc1. The summed E-state index contributed by atoms with van der Waals surface area (Å²) in [6.45, 7) is 0. The summed E-state index contributed by atoms with van der Waals surface area (Å²) >= 11 is 1.01. The summed E-state index contributed by atoms with van der Waals surface area (Å²) in [5, 5.41) is 10.6. The lowest BCUT2D eigenvalue weighted by molar-refractivity contribution is -0.117. The van der Waals surface area contributed by atoms with Gasteiger partial charge in [0.2, 0.25) is 5.91 Å². The van der Waals surface area contributed by atoms with Crippen LogP contribution in [0, 0.1) is 0 Å². The van der Waals surface area contributed by atoms with Gasteiger partial charge in [0.15, 0.2) is 0 Å². The van der Waals surface area contributed by atoms with Crippen LogP contribution in [0.2, 0.25) is 0 Å². The Labute approximate surface area is 95.8 Å². The predicted octanol–water partition coefficient (Wildman–Crippen LogP) is 1.17. The maximum absolute atomic E-state index is 10.1. The maximum Gasteiger partial charge on any atom is 0.286 e. The lowest BCUT2D eigenvalue weighted by atomic mass is 10.2. The van der Waals surface area contributed by atoms with E-state index in [4.69, 9.17) is 5.11 Å². The van der Waals surface area contributed by atoms with E-state index in [-0.39, 0.29) is 16.9 Å². The van der Waals surface area contributed by atoms with Crippen molar-refractivity contribution in [1.82, 2.24) is 5.32 Å². The zero-order valence-corrected chi connectivity index (χ0v) is 8.99. The van der Waals surface area contributed by atoms with Crippen molar-refractivity contribution in [3.8, 4) is 5.75 Å². The maximum atomic E-state index is 10.1. The summed E-state index contributed by atoms with van der Waals surface area (Å²) in [7, 11) is 0. The molecule has 1 aliphatic heterocycles. The van der Waals surface area contributed by atoms with Gasteiger partial charge in [0.05, 0.1) is 5.75 Å². The average molecular weight is 239 g/mol. The van der Waals surface area contributed by atoms with Crippen molar-refractivity contribution in [2.24, 2.45) is 0 Å². The Balaban J connectivity index is 0.000000165. The number of hydrogen-bond donors (Lipinski definition) is 2. The smallest absolute Gasteiger partial charge is 0.286 e. The molecule has 0 bridgehead atoms. The van der Waals surface area contributed by atoms with E-state index in [1.165, 1.54) is 12.1 Å². The quantitative estimate of drug-likeness (QED) is 0.719. The largest absolute Gasteiger partial charge is 0.508 e. The van der Waals surface area contributed by atoms with Crippen LogP contribution in [-0.4, -0.2) is 28.3 Å². The summed E-state index contributed by atoms with van der Waals surface area (Å²) in [5.41, 5.74) is 0.577. The highest BCUT2D eigenvalue weighted by atomic mass is 32.2. The van der Waals surface area contributed by atoms with Gasteiger partial charge >= 0.3 is 0 Å². The van der Waals surface area contributed by atoms with Gasteiger partial charge in [-0.25, -0.2) is 0 Å². The molecule has 5 nitrogen and oxygen atoms in total. The summed E-state index contributed by atoms with van der Waals surface area (Å²) < 4.78 is 0. The monoisotopic (exact) mass is 239 g/mol. The number of phenolic OH excluding ortho intramolecular Hbond substituents is 1. The molecule has 0 radical (unpaired) electrons. The van der Waals surface area contributed by atoms with Gasteiger partial charge in [0.1, 0.15) is 12.0 Å². The predicted molar refractivity (Wildman–Crippen MR) is 59.5 cm³/mol. The molecule has 2 amide bonds. The molecule has 6 heteroatoms. The third-order valence-electron chi connectivity index (χ3n) is 1.61. The third kappa shape index (κ3) is 4.14. The van der Waals surface area contributed by atoms with Crippen molar-refractivity contribution >= 4 is 29.2 Å². The Morgan fingerprint density at radius 3 is 2.19 bits per heavy atom. The van der Waals surface area contributed by atoms with Crippen molar-refractivity contribution in [3.63, 3.8) is 0 Å². The van der Waals surface area contributed by atoms with Gasteiger partial charge in [-0.2, -0.15) is 0 Å². The summed E-state index contributed by atoms with van der Waals surface area (Å²) in [4.78, 5) is 30.2. The standard InChI is InChI=1S/C7H6O2.C3H3NO2S/c8-5-6-1-3-7(9)4-2-6;5-2-1-7-3(6)4-2/h1-5,9H;1H2,(H,4,5,6). The Morgan fingerprint density at radius 1 is 1.25 bits per heavy atom. The number of carbonyl (C=O) groups excluding carboxylic acids is 3. The average Bonchev–Trinajstić information content (AvgIpc) is 2.65. The number of rotatable bonds is 1. The Morgan fingerprint density at radius 2 is 1.88 bits per heavy atom. The second-order valence-corrected chi connectivity index (χ2v) is 3.78. The number of hydrogen-bond acceptors (Lipinski definition) is 5. The molecule has 1 fully saturated rings. The Kier molecular flexibility index (Phi) is 4.53. The zero-order valence-electron chi connectivity index (χ0n) is 8.17. The van der Waals surface area contributed by atoms with E-state index in [2.05, 4.69) is 5.32 Å². The molecule has 0 unspecified atom stereocenters. The zero-order chi connectivity index (χ0) is 12.0. The van der Waals surface area contributed by atoms with E-state index in [1.54, 1.807) is 12.1 Å². The van der Waals surface area contributed by atoms with Gasteiger partial charge in [-0.3, -0.25) is 19.7 Å². The normalized spacial score (nSPS) is 13.8. The van der Waals surface area contributed by atoms with Gasteiger partial charge in [-0.05, 0) is 24.3 Å². The number of phenols is 1.